The number of aliphatic hydroxyl groups excluding tert-OH is 1. The Morgan fingerprint density at radius 1 is 0.632 bits per heavy atom. The third kappa shape index (κ3) is 17.8. The lowest BCUT2D eigenvalue weighted by molar-refractivity contribution is 0.282. The summed E-state index contributed by atoms with van der Waals surface area (Å²) >= 11 is 4.20. The quantitative estimate of drug-likeness (QED) is 0.251. The predicted octanol–water partition coefficient (Wildman–Crippen LogP) is 5.31. The molecule has 0 aliphatic heterocycles. The standard InChI is InChI=1S/C17H32OS/c18-16-14-12-10-8-6-4-2-1-3-5-7-9-11-13-15-17-19/h1,3,7,9,18-19H,2,4-6,8,10-17H2/b3-1-,9-7-. The average Bonchev–Trinajstić information content (AvgIpc) is 2.43. The van der Waals surface area contributed by atoms with Crippen molar-refractivity contribution in [1.82, 2.24) is 0 Å². The summed E-state index contributed by atoms with van der Waals surface area (Å²) in [6.07, 6.45) is 22.5. The molecule has 0 aliphatic carbocycles. The first-order chi connectivity index (χ1) is 9.41. The minimum atomic E-state index is 0.352. The molecule has 0 heterocycles. The second kappa shape index (κ2) is 17.8. The highest BCUT2D eigenvalue weighted by Gasteiger charge is 1.89. The Hall–Kier alpha value is -0.210. The first-order valence-electron chi connectivity index (χ1n) is 7.93. The van der Waals surface area contributed by atoms with Crippen LogP contribution in [0.3, 0.4) is 0 Å². The molecule has 19 heavy (non-hydrogen) atoms. The lowest BCUT2D eigenvalue weighted by Gasteiger charge is -1.98. The molecule has 0 spiro atoms. The van der Waals surface area contributed by atoms with Gasteiger partial charge in [0.1, 0.15) is 0 Å². The highest BCUT2D eigenvalue weighted by molar-refractivity contribution is 7.80. The molecular formula is C17H32OS. The van der Waals surface area contributed by atoms with Crippen molar-refractivity contribution in [3.05, 3.63) is 24.3 Å². The van der Waals surface area contributed by atoms with Gasteiger partial charge in [0.2, 0.25) is 0 Å². The van der Waals surface area contributed by atoms with Crippen molar-refractivity contribution in [2.45, 2.75) is 70.6 Å². The third-order valence-corrected chi connectivity index (χ3v) is 3.48. The van der Waals surface area contributed by atoms with Crippen molar-refractivity contribution < 1.29 is 5.11 Å². The molecule has 0 bridgehead atoms. The summed E-state index contributed by atoms with van der Waals surface area (Å²) in [7, 11) is 0. The SMILES string of the molecule is OCCCCCCCC/C=C\C/C=C\CCCCS. The van der Waals surface area contributed by atoms with Gasteiger partial charge in [0.05, 0.1) is 0 Å². The molecule has 0 fully saturated rings. The summed E-state index contributed by atoms with van der Waals surface area (Å²) in [5.74, 6) is 1.01. The Kier molecular flexibility index (Phi) is 17.6. The van der Waals surface area contributed by atoms with Crippen LogP contribution in [0, 0.1) is 0 Å². The van der Waals surface area contributed by atoms with E-state index in [0.717, 1.165) is 18.6 Å². The molecular weight excluding hydrogens is 252 g/mol. The van der Waals surface area contributed by atoms with Crippen LogP contribution < -0.4 is 0 Å². The zero-order chi connectivity index (χ0) is 14.0. The molecule has 1 nitrogen and oxygen atoms in total. The number of hydrogen-bond acceptors (Lipinski definition) is 2. The largest absolute Gasteiger partial charge is 0.396 e. The van der Waals surface area contributed by atoms with E-state index in [1.807, 2.05) is 0 Å². The van der Waals surface area contributed by atoms with E-state index >= 15 is 0 Å². The number of allylic oxidation sites excluding steroid dienone is 4. The molecule has 2 heteroatoms. The summed E-state index contributed by atoms with van der Waals surface area (Å²) in [6, 6.07) is 0. The van der Waals surface area contributed by atoms with Gasteiger partial charge in [-0.15, -0.1) is 0 Å². The highest BCUT2D eigenvalue weighted by Crippen LogP contribution is 2.07. The third-order valence-electron chi connectivity index (χ3n) is 3.16. The van der Waals surface area contributed by atoms with Crippen LogP contribution in [0.25, 0.3) is 0 Å². The number of hydrogen-bond donors (Lipinski definition) is 2. The number of rotatable bonds is 14. The van der Waals surface area contributed by atoms with Gasteiger partial charge in [-0.2, -0.15) is 12.6 Å². The molecule has 0 rings (SSSR count). The maximum atomic E-state index is 8.65. The van der Waals surface area contributed by atoms with Crippen LogP contribution >= 0.6 is 12.6 Å². The summed E-state index contributed by atoms with van der Waals surface area (Å²) in [4.78, 5) is 0. The van der Waals surface area contributed by atoms with Gasteiger partial charge in [-0.25, -0.2) is 0 Å². The van der Waals surface area contributed by atoms with Gasteiger partial charge in [-0.1, -0.05) is 50.0 Å². The van der Waals surface area contributed by atoms with Crippen molar-refractivity contribution in [2.24, 2.45) is 0 Å². The van der Waals surface area contributed by atoms with Crippen LogP contribution in [0.4, 0.5) is 0 Å². The maximum absolute atomic E-state index is 8.65. The van der Waals surface area contributed by atoms with Crippen LogP contribution in [-0.4, -0.2) is 17.5 Å². The Morgan fingerprint density at radius 2 is 1.16 bits per heavy atom. The Bertz CT molecular complexity index is 211. The molecule has 0 amide bonds. The summed E-state index contributed by atoms with van der Waals surface area (Å²) in [5, 5.41) is 8.65. The zero-order valence-electron chi connectivity index (χ0n) is 12.4. The van der Waals surface area contributed by atoms with Crippen LogP contribution in [0.5, 0.6) is 0 Å². The van der Waals surface area contributed by atoms with E-state index in [1.54, 1.807) is 0 Å². The molecule has 0 saturated heterocycles. The van der Waals surface area contributed by atoms with E-state index in [-0.39, 0.29) is 0 Å². The Labute approximate surface area is 125 Å². The van der Waals surface area contributed by atoms with Crippen molar-refractivity contribution >= 4 is 12.6 Å². The first-order valence-corrected chi connectivity index (χ1v) is 8.56. The minimum absolute atomic E-state index is 0.352. The Morgan fingerprint density at radius 3 is 1.74 bits per heavy atom. The molecule has 0 radical (unpaired) electrons. The fraction of sp³-hybridized carbons (Fsp3) is 0.765. The molecule has 1 N–H and O–H groups in total. The molecule has 0 aromatic rings. The zero-order valence-corrected chi connectivity index (χ0v) is 13.3. The second-order valence-electron chi connectivity index (χ2n) is 5.03. The molecule has 0 aromatic carbocycles. The molecule has 0 aromatic heterocycles. The highest BCUT2D eigenvalue weighted by atomic mass is 32.1. The molecule has 0 unspecified atom stereocenters. The smallest absolute Gasteiger partial charge is 0.0431 e. The minimum Gasteiger partial charge on any atom is -0.396 e. The number of aliphatic hydroxyl groups is 1. The van der Waals surface area contributed by atoms with Crippen molar-refractivity contribution in [1.29, 1.82) is 0 Å². The number of thiol groups is 1. The van der Waals surface area contributed by atoms with E-state index < -0.39 is 0 Å². The topological polar surface area (TPSA) is 20.2 Å². The van der Waals surface area contributed by atoms with E-state index in [2.05, 4.69) is 36.9 Å². The fourth-order valence-electron chi connectivity index (χ4n) is 1.96. The molecule has 0 saturated carbocycles. The first kappa shape index (κ1) is 18.8. The summed E-state index contributed by atoms with van der Waals surface area (Å²) in [5.41, 5.74) is 0. The van der Waals surface area contributed by atoms with Gasteiger partial charge in [0, 0.05) is 6.61 Å². The van der Waals surface area contributed by atoms with Crippen molar-refractivity contribution in [3.8, 4) is 0 Å². The summed E-state index contributed by atoms with van der Waals surface area (Å²) in [6.45, 7) is 0.352. The van der Waals surface area contributed by atoms with Crippen LogP contribution in [0.1, 0.15) is 70.6 Å². The van der Waals surface area contributed by atoms with Gasteiger partial charge >= 0.3 is 0 Å². The maximum Gasteiger partial charge on any atom is 0.0431 e. The monoisotopic (exact) mass is 284 g/mol. The Balaban J connectivity index is 3.12. The fourth-order valence-corrected chi connectivity index (χ4v) is 2.19. The van der Waals surface area contributed by atoms with Gasteiger partial charge in [-0.05, 0) is 50.7 Å². The van der Waals surface area contributed by atoms with Crippen molar-refractivity contribution in [2.75, 3.05) is 12.4 Å². The average molecular weight is 285 g/mol. The van der Waals surface area contributed by atoms with Crippen LogP contribution in [-0.2, 0) is 0 Å². The van der Waals surface area contributed by atoms with Crippen molar-refractivity contribution in [3.63, 3.8) is 0 Å². The van der Waals surface area contributed by atoms with Crippen LogP contribution in [0.2, 0.25) is 0 Å². The van der Waals surface area contributed by atoms with Gasteiger partial charge in [-0.3, -0.25) is 0 Å². The van der Waals surface area contributed by atoms with E-state index in [0.29, 0.717) is 6.61 Å². The normalized spacial score (nSPS) is 11.9. The van der Waals surface area contributed by atoms with Gasteiger partial charge in [0.25, 0.3) is 0 Å². The van der Waals surface area contributed by atoms with E-state index in [4.69, 9.17) is 5.11 Å². The summed E-state index contributed by atoms with van der Waals surface area (Å²) < 4.78 is 0. The predicted molar refractivity (Wildman–Crippen MR) is 90.0 cm³/mol. The van der Waals surface area contributed by atoms with Gasteiger partial charge < -0.3 is 5.11 Å². The molecule has 0 atom stereocenters. The lowest BCUT2D eigenvalue weighted by Crippen LogP contribution is -1.83. The lowest BCUT2D eigenvalue weighted by atomic mass is 10.1. The number of unbranched alkanes of at least 4 members (excludes halogenated alkanes) is 8. The van der Waals surface area contributed by atoms with Gasteiger partial charge in [0.15, 0.2) is 0 Å². The van der Waals surface area contributed by atoms with Crippen LogP contribution in [0.15, 0.2) is 24.3 Å². The van der Waals surface area contributed by atoms with E-state index in [1.165, 1.54) is 57.8 Å². The molecule has 0 aliphatic rings. The van der Waals surface area contributed by atoms with E-state index in [9.17, 15) is 0 Å². The second-order valence-corrected chi connectivity index (χ2v) is 5.48. The molecule has 112 valence electrons.